The first kappa shape index (κ1) is 28.9. The fraction of sp³-hybridized carbons (Fsp3) is 0.0851. The topological polar surface area (TPSA) is 51.8 Å². The number of pyridine rings is 1. The fourth-order valence-corrected chi connectivity index (χ4v) is 9.63. The highest BCUT2D eigenvalue weighted by atomic mass is 15.3. The lowest BCUT2D eigenvalue weighted by Gasteiger charge is -2.31. The maximum absolute atomic E-state index is 5.40. The van der Waals surface area contributed by atoms with Gasteiger partial charge in [0, 0.05) is 74.7 Å². The molecular weight excluding hydrogens is 649 g/mol. The highest BCUT2D eigenvalue weighted by Crippen LogP contribution is 2.73. The van der Waals surface area contributed by atoms with Crippen molar-refractivity contribution in [3.8, 4) is 17.2 Å². The Kier molecular flexibility index (Phi) is 5.66. The van der Waals surface area contributed by atoms with Gasteiger partial charge < -0.3 is 9.47 Å². The first-order valence-electron chi connectivity index (χ1n) is 18.3. The average molecular weight is 681 g/mol. The molecule has 3 aliphatic carbocycles. The second kappa shape index (κ2) is 10.4. The molecule has 0 N–H and O–H groups in total. The molecule has 2 unspecified atom stereocenters. The van der Waals surface area contributed by atoms with Crippen LogP contribution in [0.5, 0.6) is 0 Å². The standard InChI is InChI=1S/C47H32N6/c1-2-12-35-36-15-6-10-20-41(36)52(40(35)17-3-1)43-28-44(50-45(49-43)31-23-26-48-27-24-31)53-42-21-11-7-16-37(42)46-29-32(22-25-47(46,53)30-46)51-38-18-8-4-13-33(38)34-14-5-9-19-39(34)51/h1-16,18-29H,17,30H2. The Hall–Kier alpha value is -6.79. The molecular formula is C47H32N6. The van der Waals surface area contributed by atoms with Gasteiger partial charge in [-0.15, -0.1) is 0 Å². The van der Waals surface area contributed by atoms with E-state index >= 15 is 0 Å². The molecule has 4 aliphatic rings. The molecule has 5 heterocycles. The van der Waals surface area contributed by atoms with Crippen LogP contribution in [0, 0.1) is 0 Å². The van der Waals surface area contributed by atoms with E-state index in [4.69, 9.17) is 9.97 Å². The van der Waals surface area contributed by atoms with Gasteiger partial charge in [-0.05, 0) is 60.5 Å². The van der Waals surface area contributed by atoms with Gasteiger partial charge in [0.2, 0.25) is 0 Å². The molecule has 12 rings (SSSR count). The van der Waals surface area contributed by atoms with Crippen LogP contribution in [0.4, 0.5) is 11.5 Å². The van der Waals surface area contributed by atoms with Crippen LogP contribution >= 0.6 is 0 Å². The van der Waals surface area contributed by atoms with Crippen LogP contribution < -0.4 is 4.90 Å². The van der Waals surface area contributed by atoms with E-state index in [-0.39, 0.29) is 11.0 Å². The van der Waals surface area contributed by atoms with E-state index in [2.05, 4.69) is 165 Å². The third kappa shape index (κ3) is 3.79. The maximum Gasteiger partial charge on any atom is 0.164 e. The van der Waals surface area contributed by atoms with E-state index in [1.807, 2.05) is 24.5 Å². The number of nitrogens with zero attached hydrogens (tertiary/aromatic N) is 6. The van der Waals surface area contributed by atoms with Crippen LogP contribution in [-0.2, 0) is 11.8 Å². The summed E-state index contributed by atoms with van der Waals surface area (Å²) in [6.07, 6.45) is 21.5. The number of allylic oxidation sites excluding steroid dienone is 5. The van der Waals surface area contributed by atoms with Crippen LogP contribution in [0.15, 0.2) is 164 Å². The molecule has 1 fully saturated rings. The molecule has 0 spiro atoms. The molecule has 250 valence electrons. The van der Waals surface area contributed by atoms with Gasteiger partial charge in [-0.25, -0.2) is 9.97 Å². The van der Waals surface area contributed by atoms with Crippen molar-refractivity contribution in [1.29, 1.82) is 0 Å². The predicted molar refractivity (Wildman–Crippen MR) is 214 cm³/mol. The van der Waals surface area contributed by atoms with Crippen molar-refractivity contribution in [2.75, 3.05) is 4.90 Å². The summed E-state index contributed by atoms with van der Waals surface area (Å²) in [5, 5.41) is 3.77. The van der Waals surface area contributed by atoms with Crippen molar-refractivity contribution in [2.24, 2.45) is 0 Å². The number of fused-ring (bicyclic) bond motifs is 7. The Morgan fingerprint density at radius 3 is 2.09 bits per heavy atom. The number of benzene rings is 4. The second-order valence-corrected chi connectivity index (χ2v) is 14.5. The monoisotopic (exact) mass is 680 g/mol. The molecule has 0 radical (unpaired) electrons. The maximum atomic E-state index is 5.40. The molecule has 4 aromatic carbocycles. The summed E-state index contributed by atoms with van der Waals surface area (Å²) in [7, 11) is 0. The van der Waals surface area contributed by atoms with E-state index in [1.165, 1.54) is 55.4 Å². The lowest BCUT2D eigenvalue weighted by Crippen LogP contribution is -2.34. The summed E-state index contributed by atoms with van der Waals surface area (Å²) in [6.45, 7) is 0. The normalized spacial score (nSPS) is 20.7. The Balaban J connectivity index is 1.08. The van der Waals surface area contributed by atoms with Crippen molar-refractivity contribution in [1.82, 2.24) is 24.1 Å². The third-order valence-electron chi connectivity index (χ3n) is 11.9. The zero-order valence-corrected chi connectivity index (χ0v) is 28.8. The van der Waals surface area contributed by atoms with Crippen molar-refractivity contribution in [3.63, 3.8) is 0 Å². The molecule has 53 heavy (non-hydrogen) atoms. The van der Waals surface area contributed by atoms with E-state index in [0.29, 0.717) is 5.82 Å². The first-order valence-corrected chi connectivity index (χ1v) is 18.3. The van der Waals surface area contributed by atoms with E-state index in [9.17, 15) is 0 Å². The average Bonchev–Trinajstić information content (AvgIpc) is 3.65. The molecule has 6 heteroatoms. The van der Waals surface area contributed by atoms with Gasteiger partial charge in [-0.1, -0.05) is 103 Å². The van der Waals surface area contributed by atoms with Crippen molar-refractivity contribution in [3.05, 3.63) is 181 Å². The lowest BCUT2D eigenvalue weighted by molar-refractivity contribution is 0.730. The van der Waals surface area contributed by atoms with Gasteiger partial charge in [-0.3, -0.25) is 9.55 Å². The van der Waals surface area contributed by atoms with E-state index in [1.54, 1.807) is 0 Å². The van der Waals surface area contributed by atoms with Gasteiger partial charge in [0.1, 0.15) is 11.6 Å². The summed E-state index contributed by atoms with van der Waals surface area (Å²) < 4.78 is 4.79. The highest BCUT2D eigenvalue weighted by Gasteiger charge is 2.75. The van der Waals surface area contributed by atoms with Gasteiger partial charge >= 0.3 is 0 Å². The Bertz CT molecular complexity index is 2920. The molecule has 0 amide bonds. The lowest BCUT2D eigenvalue weighted by atomic mass is 9.89. The minimum Gasteiger partial charge on any atom is -0.315 e. The zero-order chi connectivity index (χ0) is 34.7. The quantitative estimate of drug-likeness (QED) is 0.186. The smallest absolute Gasteiger partial charge is 0.164 e. The SMILES string of the molecule is C1=CCc2c(c3ccccc3n2-c2cc(N3c4ccccc4C45C=C(n6c7ccccc7c7ccccc76)C=CC34C5)nc(-c3ccncc3)n2)C=C1. The Labute approximate surface area is 306 Å². The molecule has 8 aromatic rings. The molecule has 1 saturated carbocycles. The number of aromatic nitrogens is 5. The molecule has 0 bridgehead atoms. The summed E-state index contributed by atoms with van der Waals surface area (Å²) in [5.74, 6) is 2.43. The second-order valence-electron chi connectivity index (χ2n) is 14.5. The number of hydrogen-bond acceptors (Lipinski definition) is 4. The zero-order valence-electron chi connectivity index (χ0n) is 28.8. The molecule has 6 nitrogen and oxygen atoms in total. The number of anilines is 2. The summed E-state index contributed by atoms with van der Waals surface area (Å²) in [4.78, 5) is 17.5. The van der Waals surface area contributed by atoms with Crippen LogP contribution in [-0.4, -0.2) is 29.6 Å². The van der Waals surface area contributed by atoms with Crippen LogP contribution in [0.1, 0.15) is 23.2 Å². The van der Waals surface area contributed by atoms with Gasteiger partial charge in [0.15, 0.2) is 5.82 Å². The van der Waals surface area contributed by atoms with Crippen LogP contribution in [0.2, 0.25) is 0 Å². The molecule has 2 atom stereocenters. The van der Waals surface area contributed by atoms with Crippen LogP contribution in [0.25, 0.3) is 61.7 Å². The van der Waals surface area contributed by atoms with Crippen LogP contribution in [0.3, 0.4) is 0 Å². The number of rotatable bonds is 4. The fourth-order valence-electron chi connectivity index (χ4n) is 9.63. The third-order valence-corrected chi connectivity index (χ3v) is 11.9. The summed E-state index contributed by atoms with van der Waals surface area (Å²) in [6, 6.07) is 41.3. The molecule has 0 saturated heterocycles. The number of hydrogen-bond donors (Lipinski definition) is 0. The molecule has 1 aliphatic heterocycles. The largest absolute Gasteiger partial charge is 0.315 e. The van der Waals surface area contributed by atoms with Gasteiger partial charge in [0.05, 0.1) is 22.1 Å². The first-order chi connectivity index (χ1) is 26.2. The summed E-state index contributed by atoms with van der Waals surface area (Å²) in [5.41, 5.74) is 10.2. The number of para-hydroxylation sites is 4. The Morgan fingerprint density at radius 1 is 0.623 bits per heavy atom. The van der Waals surface area contributed by atoms with Crippen molar-refractivity contribution in [2.45, 2.75) is 23.8 Å². The minimum atomic E-state index is -0.290. The minimum absolute atomic E-state index is 0.199. The highest BCUT2D eigenvalue weighted by molar-refractivity contribution is 6.10. The molecule has 4 aromatic heterocycles. The van der Waals surface area contributed by atoms with E-state index < -0.39 is 0 Å². The van der Waals surface area contributed by atoms with E-state index in [0.717, 1.165) is 35.6 Å². The van der Waals surface area contributed by atoms with Gasteiger partial charge in [0.25, 0.3) is 0 Å². The van der Waals surface area contributed by atoms with Gasteiger partial charge in [-0.2, -0.15) is 0 Å². The Morgan fingerprint density at radius 2 is 1.30 bits per heavy atom. The summed E-state index contributed by atoms with van der Waals surface area (Å²) >= 11 is 0. The van der Waals surface area contributed by atoms with Crippen molar-refractivity contribution >= 4 is 56.0 Å². The van der Waals surface area contributed by atoms with Crippen molar-refractivity contribution < 1.29 is 0 Å². The predicted octanol–water partition coefficient (Wildman–Crippen LogP) is 10.4.